The summed E-state index contributed by atoms with van der Waals surface area (Å²) in [7, 11) is 0. The van der Waals surface area contributed by atoms with Crippen LogP contribution in [0.25, 0.3) is 17.0 Å². The molecular formula is C19H16N2OS. The van der Waals surface area contributed by atoms with Gasteiger partial charge >= 0.3 is 0 Å². The number of rotatable bonds is 4. The highest BCUT2D eigenvalue weighted by atomic mass is 32.2. The number of aromatic nitrogens is 1. The van der Waals surface area contributed by atoms with E-state index in [0.29, 0.717) is 6.61 Å². The van der Waals surface area contributed by atoms with Gasteiger partial charge in [0.15, 0.2) is 0 Å². The van der Waals surface area contributed by atoms with E-state index in [9.17, 15) is 0 Å². The normalized spacial score (nSPS) is 15.6. The summed E-state index contributed by atoms with van der Waals surface area (Å²) in [6, 6.07) is 16.3. The van der Waals surface area contributed by atoms with E-state index in [2.05, 4.69) is 34.3 Å². The number of hydrogen-bond donors (Lipinski definition) is 1. The van der Waals surface area contributed by atoms with Crippen LogP contribution in [-0.4, -0.2) is 17.1 Å². The number of aliphatic imine (C=N–C) groups is 1. The summed E-state index contributed by atoms with van der Waals surface area (Å²) in [5.41, 5.74) is 3.39. The smallest absolute Gasteiger partial charge is 0.129 e. The Bertz CT molecular complexity index is 881. The van der Waals surface area contributed by atoms with Crippen LogP contribution in [0.4, 0.5) is 0 Å². The number of fused-ring (bicyclic) bond motifs is 1. The molecule has 0 aliphatic carbocycles. The number of aromatic amines is 1. The van der Waals surface area contributed by atoms with Gasteiger partial charge in [-0.2, -0.15) is 0 Å². The molecule has 0 amide bonds. The van der Waals surface area contributed by atoms with Crippen LogP contribution in [0.2, 0.25) is 0 Å². The molecule has 1 aromatic heterocycles. The summed E-state index contributed by atoms with van der Waals surface area (Å²) in [6.45, 7) is 0.567. The summed E-state index contributed by atoms with van der Waals surface area (Å²) in [6.07, 6.45) is 6.12. The van der Waals surface area contributed by atoms with Crippen LogP contribution in [0.3, 0.4) is 0 Å². The SMILES string of the molecule is C1=NCSC1=Cc1c[nH]c2cccc(OCc3ccccc3)c12. The summed E-state index contributed by atoms with van der Waals surface area (Å²) >= 11 is 1.75. The lowest BCUT2D eigenvalue weighted by molar-refractivity contribution is 0.310. The molecule has 23 heavy (non-hydrogen) atoms. The summed E-state index contributed by atoms with van der Waals surface area (Å²) in [4.78, 5) is 8.76. The Morgan fingerprint density at radius 1 is 1.13 bits per heavy atom. The quantitative estimate of drug-likeness (QED) is 0.745. The van der Waals surface area contributed by atoms with Gasteiger partial charge in [-0.05, 0) is 23.8 Å². The molecule has 0 unspecified atom stereocenters. The molecule has 0 saturated carbocycles. The average Bonchev–Trinajstić information content (AvgIpc) is 3.25. The first-order chi connectivity index (χ1) is 11.4. The van der Waals surface area contributed by atoms with Crippen LogP contribution >= 0.6 is 11.8 Å². The maximum Gasteiger partial charge on any atom is 0.129 e. The standard InChI is InChI=1S/C19H16N2OS/c1-2-5-14(6-3-1)12-22-18-8-4-7-17-19(18)15(10-21-17)9-16-11-20-13-23-16/h1-11,21H,12-13H2. The number of nitrogens with zero attached hydrogens (tertiary/aromatic N) is 1. The number of allylic oxidation sites excluding steroid dienone is 1. The van der Waals surface area contributed by atoms with Gasteiger partial charge < -0.3 is 9.72 Å². The van der Waals surface area contributed by atoms with Crippen molar-refractivity contribution in [2.24, 2.45) is 4.99 Å². The first kappa shape index (κ1) is 14.2. The van der Waals surface area contributed by atoms with Crippen molar-refractivity contribution in [1.29, 1.82) is 0 Å². The van der Waals surface area contributed by atoms with Crippen LogP contribution in [0.5, 0.6) is 5.75 Å². The fourth-order valence-electron chi connectivity index (χ4n) is 2.65. The second-order valence-corrected chi connectivity index (χ2v) is 6.35. The lowest BCUT2D eigenvalue weighted by Crippen LogP contribution is -1.95. The Labute approximate surface area is 139 Å². The van der Waals surface area contributed by atoms with Gasteiger partial charge in [0.1, 0.15) is 12.4 Å². The largest absolute Gasteiger partial charge is 0.488 e. The summed E-state index contributed by atoms with van der Waals surface area (Å²) in [5.74, 6) is 1.71. The summed E-state index contributed by atoms with van der Waals surface area (Å²) in [5, 5.41) is 1.12. The predicted octanol–water partition coefficient (Wildman–Crippen LogP) is 4.86. The van der Waals surface area contributed by atoms with Gasteiger partial charge in [0.2, 0.25) is 0 Å². The van der Waals surface area contributed by atoms with E-state index >= 15 is 0 Å². The van der Waals surface area contributed by atoms with Gasteiger partial charge in [-0.15, -0.1) is 11.8 Å². The second kappa shape index (κ2) is 6.34. The number of hydrogen-bond acceptors (Lipinski definition) is 3. The van der Waals surface area contributed by atoms with Crippen LogP contribution in [0, 0.1) is 0 Å². The van der Waals surface area contributed by atoms with Crippen LogP contribution in [0.1, 0.15) is 11.1 Å². The third kappa shape index (κ3) is 3.03. The Morgan fingerprint density at radius 3 is 2.87 bits per heavy atom. The molecule has 0 bridgehead atoms. The fraction of sp³-hybridized carbons (Fsp3) is 0.105. The van der Waals surface area contributed by atoms with Crippen molar-refractivity contribution < 1.29 is 4.74 Å². The van der Waals surface area contributed by atoms with Gasteiger partial charge in [0.25, 0.3) is 0 Å². The number of ether oxygens (including phenoxy) is 1. The third-order valence-electron chi connectivity index (χ3n) is 3.76. The van der Waals surface area contributed by atoms with Crippen molar-refractivity contribution in [3.05, 3.63) is 70.8 Å². The predicted molar refractivity (Wildman–Crippen MR) is 98.0 cm³/mol. The van der Waals surface area contributed by atoms with Crippen LogP contribution in [-0.2, 0) is 6.61 Å². The Kier molecular flexibility index (Phi) is 3.90. The van der Waals surface area contributed by atoms with Crippen LogP contribution in [0.15, 0.2) is 64.6 Å². The molecule has 0 spiro atoms. The maximum absolute atomic E-state index is 6.08. The van der Waals surface area contributed by atoms with E-state index in [1.165, 1.54) is 10.5 Å². The highest BCUT2D eigenvalue weighted by Gasteiger charge is 2.10. The number of benzene rings is 2. The molecule has 1 N–H and O–H groups in total. The maximum atomic E-state index is 6.08. The average molecular weight is 320 g/mol. The number of nitrogens with one attached hydrogen (secondary N) is 1. The van der Waals surface area contributed by atoms with Gasteiger partial charge in [0, 0.05) is 33.8 Å². The molecule has 114 valence electrons. The highest BCUT2D eigenvalue weighted by Crippen LogP contribution is 2.32. The minimum atomic E-state index is 0.567. The Morgan fingerprint density at radius 2 is 2.04 bits per heavy atom. The van der Waals surface area contributed by atoms with Crippen LogP contribution < -0.4 is 4.74 Å². The van der Waals surface area contributed by atoms with E-state index in [-0.39, 0.29) is 0 Å². The van der Waals surface area contributed by atoms with Crippen molar-refractivity contribution in [2.75, 3.05) is 5.88 Å². The topological polar surface area (TPSA) is 37.4 Å². The zero-order chi connectivity index (χ0) is 15.5. The van der Waals surface area contributed by atoms with Gasteiger partial charge in [0.05, 0.1) is 5.88 Å². The monoisotopic (exact) mass is 320 g/mol. The molecule has 2 aromatic carbocycles. The number of thioether (sulfide) groups is 1. The molecule has 3 nitrogen and oxygen atoms in total. The van der Waals surface area contributed by atoms with E-state index in [1.54, 1.807) is 11.8 Å². The minimum Gasteiger partial charge on any atom is -0.488 e. The van der Waals surface area contributed by atoms with Crippen molar-refractivity contribution in [1.82, 2.24) is 4.98 Å². The number of H-pyrrole nitrogens is 1. The lowest BCUT2D eigenvalue weighted by atomic mass is 10.1. The van der Waals surface area contributed by atoms with E-state index in [0.717, 1.165) is 28.1 Å². The zero-order valence-corrected chi connectivity index (χ0v) is 13.3. The molecule has 3 aromatic rings. The molecule has 0 saturated heterocycles. The Balaban J connectivity index is 1.67. The molecule has 1 aliphatic rings. The van der Waals surface area contributed by atoms with Gasteiger partial charge in [-0.25, -0.2) is 0 Å². The van der Waals surface area contributed by atoms with E-state index in [1.807, 2.05) is 42.7 Å². The Hall–Kier alpha value is -2.46. The first-order valence-corrected chi connectivity index (χ1v) is 8.50. The fourth-order valence-corrected chi connectivity index (χ4v) is 3.31. The molecule has 0 atom stereocenters. The third-order valence-corrected chi connectivity index (χ3v) is 4.59. The molecule has 2 heterocycles. The zero-order valence-electron chi connectivity index (χ0n) is 12.5. The molecule has 4 rings (SSSR count). The second-order valence-electron chi connectivity index (χ2n) is 5.33. The first-order valence-electron chi connectivity index (χ1n) is 7.51. The van der Waals surface area contributed by atoms with Gasteiger partial charge in [-0.1, -0.05) is 36.4 Å². The molecular weight excluding hydrogens is 304 g/mol. The lowest BCUT2D eigenvalue weighted by Gasteiger charge is -2.08. The molecule has 1 aliphatic heterocycles. The van der Waals surface area contributed by atoms with E-state index in [4.69, 9.17) is 4.74 Å². The molecule has 0 radical (unpaired) electrons. The van der Waals surface area contributed by atoms with Gasteiger partial charge in [-0.3, -0.25) is 4.99 Å². The van der Waals surface area contributed by atoms with E-state index < -0.39 is 0 Å². The molecule has 0 fully saturated rings. The van der Waals surface area contributed by atoms with Crippen molar-refractivity contribution in [2.45, 2.75) is 6.61 Å². The van der Waals surface area contributed by atoms with Crippen molar-refractivity contribution in [3.63, 3.8) is 0 Å². The van der Waals surface area contributed by atoms with Crippen molar-refractivity contribution in [3.8, 4) is 5.75 Å². The molecule has 4 heteroatoms. The highest BCUT2D eigenvalue weighted by molar-refractivity contribution is 8.04. The summed E-state index contributed by atoms with van der Waals surface area (Å²) < 4.78 is 6.08. The van der Waals surface area contributed by atoms with Crippen molar-refractivity contribution >= 4 is 35.0 Å². The minimum absolute atomic E-state index is 0.567.